The highest BCUT2D eigenvalue weighted by molar-refractivity contribution is 7.99. The Morgan fingerprint density at radius 2 is 2.10 bits per heavy atom. The van der Waals surface area contributed by atoms with Gasteiger partial charge in [-0.3, -0.25) is 14.2 Å². The summed E-state index contributed by atoms with van der Waals surface area (Å²) in [6.45, 7) is 4.57. The summed E-state index contributed by atoms with van der Waals surface area (Å²) in [5.41, 5.74) is 3.00. The zero-order valence-electron chi connectivity index (χ0n) is 18.1. The molecule has 4 rings (SSSR count). The summed E-state index contributed by atoms with van der Waals surface area (Å²) in [5.74, 6) is -0.127. The summed E-state index contributed by atoms with van der Waals surface area (Å²) in [4.78, 5) is 32.9. The lowest BCUT2D eigenvalue weighted by molar-refractivity contribution is -0.140. The summed E-state index contributed by atoms with van der Waals surface area (Å²) in [6, 6.07) is 7.86. The second kappa shape index (κ2) is 10.0. The van der Waals surface area contributed by atoms with E-state index in [1.165, 1.54) is 22.2 Å². The van der Waals surface area contributed by atoms with Crippen LogP contribution in [0.15, 0.2) is 34.2 Å². The van der Waals surface area contributed by atoms with E-state index in [0.717, 1.165) is 66.4 Å². The minimum absolute atomic E-state index is 0.0335. The Bertz CT molecular complexity index is 1150. The fraction of sp³-hybridized carbons (Fsp3) is 0.458. The van der Waals surface area contributed by atoms with Gasteiger partial charge in [0.2, 0.25) is 0 Å². The summed E-state index contributed by atoms with van der Waals surface area (Å²) in [7, 11) is 0. The first kappa shape index (κ1) is 22.1. The summed E-state index contributed by atoms with van der Waals surface area (Å²) >= 11 is 2.91. The van der Waals surface area contributed by atoms with E-state index in [0.29, 0.717) is 11.8 Å². The number of hydrogen-bond acceptors (Lipinski definition) is 6. The highest BCUT2D eigenvalue weighted by Crippen LogP contribution is 2.35. The van der Waals surface area contributed by atoms with E-state index >= 15 is 0 Å². The third-order valence-electron chi connectivity index (χ3n) is 5.55. The molecule has 0 bridgehead atoms. The average Bonchev–Trinajstić information content (AvgIpc) is 3.14. The smallest absolute Gasteiger partial charge is 0.316 e. The lowest BCUT2D eigenvalue weighted by atomic mass is 9.97. The first-order valence-electron chi connectivity index (χ1n) is 11.0. The molecule has 0 unspecified atom stereocenters. The van der Waals surface area contributed by atoms with Crippen LogP contribution in [0, 0.1) is 6.92 Å². The molecule has 1 aliphatic carbocycles. The summed E-state index contributed by atoms with van der Waals surface area (Å²) < 4.78 is 7.01. The van der Waals surface area contributed by atoms with Gasteiger partial charge >= 0.3 is 5.97 Å². The Kier molecular flexibility index (Phi) is 7.13. The molecule has 164 valence electrons. The minimum atomic E-state index is -0.267. The van der Waals surface area contributed by atoms with Crippen LogP contribution in [0.3, 0.4) is 0 Å². The Morgan fingerprint density at radius 1 is 1.26 bits per heavy atom. The van der Waals surface area contributed by atoms with Crippen molar-refractivity contribution >= 4 is 39.3 Å². The van der Waals surface area contributed by atoms with Crippen molar-refractivity contribution in [3.8, 4) is 5.69 Å². The molecule has 2 heterocycles. The molecule has 31 heavy (non-hydrogen) atoms. The lowest BCUT2D eigenvalue weighted by Crippen LogP contribution is -2.23. The average molecular weight is 457 g/mol. The third kappa shape index (κ3) is 4.88. The fourth-order valence-electron chi connectivity index (χ4n) is 3.98. The standard InChI is InChI=1S/C24H28N2O3S2/c1-3-4-7-13-29-20(27)15-30-24-25-22-21(18-11-5-6-12-19(18)31-22)23(28)26(24)17-10-8-9-16(2)14-17/h8-10,14H,3-7,11-13,15H2,1-2H3. The number of nitrogens with zero attached hydrogens (tertiary/aromatic N) is 2. The molecule has 0 aliphatic heterocycles. The molecule has 2 aromatic heterocycles. The molecular weight excluding hydrogens is 428 g/mol. The number of rotatable bonds is 8. The zero-order chi connectivity index (χ0) is 21.8. The third-order valence-corrected chi connectivity index (χ3v) is 7.65. The van der Waals surface area contributed by atoms with Gasteiger partial charge in [-0.15, -0.1) is 11.3 Å². The molecule has 1 aliphatic rings. The van der Waals surface area contributed by atoms with E-state index in [-0.39, 0.29) is 17.3 Å². The van der Waals surface area contributed by atoms with Gasteiger partial charge in [-0.05, 0) is 62.3 Å². The van der Waals surface area contributed by atoms with Crippen LogP contribution in [0.1, 0.15) is 55.0 Å². The maximum Gasteiger partial charge on any atom is 0.316 e. The van der Waals surface area contributed by atoms with Crippen molar-refractivity contribution in [3.63, 3.8) is 0 Å². The van der Waals surface area contributed by atoms with E-state index in [9.17, 15) is 9.59 Å². The molecule has 5 nitrogen and oxygen atoms in total. The van der Waals surface area contributed by atoms with Crippen molar-refractivity contribution in [2.75, 3.05) is 12.4 Å². The number of aromatic nitrogens is 2. The van der Waals surface area contributed by atoms with Crippen LogP contribution in [0.5, 0.6) is 0 Å². The second-order valence-corrected chi connectivity index (χ2v) is 10.0. The van der Waals surface area contributed by atoms with Gasteiger partial charge in [-0.1, -0.05) is 43.7 Å². The normalized spacial score (nSPS) is 13.4. The highest BCUT2D eigenvalue weighted by atomic mass is 32.2. The quantitative estimate of drug-likeness (QED) is 0.195. The Morgan fingerprint density at radius 3 is 2.90 bits per heavy atom. The lowest BCUT2D eigenvalue weighted by Gasteiger charge is -2.14. The number of aryl methyl sites for hydroxylation is 3. The first-order valence-corrected chi connectivity index (χ1v) is 12.8. The number of benzene rings is 1. The van der Waals surface area contributed by atoms with Crippen LogP contribution in [0.2, 0.25) is 0 Å². The Labute approximate surface area is 190 Å². The van der Waals surface area contributed by atoms with Gasteiger partial charge in [0, 0.05) is 4.88 Å². The predicted octanol–water partition coefficient (Wildman–Crippen LogP) is 5.46. The monoisotopic (exact) mass is 456 g/mol. The van der Waals surface area contributed by atoms with E-state index < -0.39 is 0 Å². The van der Waals surface area contributed by atoms with Crippen LogP contribution < -0.4 is 5.56 Å². The highest BCUT2D eigenvalue weighted by Gasteiger charge is 2.23. The fourth-order valence-corrected chi connectivity index (χ4v) is 6.09. The molecule has 0 saturated carbocycles. The van der Waals surface area contributed by atoms with Gasteiger partial charge < -0.3 is 4.74 Å². The van der Waals surface area contributed by atoms with Crippen molar-refractivity contribution in [1.82, 2.24) is 9.55 Å². The van der Waals surface area contributed by atoms with Crippen molar-refractivity contribution < 1.29 is 9.53 Å². The molecule has 0 fully saturated rings. The Hall–Kier alpha value is -2.12. The number of fused-ring (bicyclic) bond motifs is 3. The SMILES string of the molecule is CCCCCOC(=O)CSc1nc2sc3c(c2c(=O)n1-c1cccc(C)c1)CCCC3. The number of thiophene rings is 1. The molecule has 7 heteroatoms. The number of unbranched alkanes of at least 4 members (excludes halogenated alkanes) is 2. The molecule has 0 amide bonds. The topological polar surface area (TPSA) is 61.2 Å². The van der Waals surface area contributed by atoms with Crippen molar-refractivity contribution in [2.24, 2.45) is 0 Å². The van der Waals surface area contributed by atoms with Gasteiger partial charge in [-0.2, -0.15) is 0 Å². The van der Waals surface area contributed by atoms with E-state index in [1.807, 2.05) is 31.2 Å². The van der Waals surface area contributed by atoms with Crippen molar-refractivity contribution in [1.29, 1.82) is 0 Å². The van der Waals surface area contributed by atoms with Gasteiger partial charge in [-0.25, -0.2) is 4.98 Å². The largest absolute Gasteiger partial charge is 0.465 e. The molecule has 0 radical (unpaired) electrons. The van der Waals surface area contributed by atoms with Crippen molar-refractivity contribution in [3.05, 3.63) is 50.6 Å². The molecule has 0 N–H and O–H groups in total. The van der Waals surface area contributed by atoms with E-state index in [1.54, 1.807) is 15.9 Å². The number of esters is 1. The summed E-state index contributed by atoms with van der Waals surface area (Å²) in [6.07, 6.45) is 7.26. The molecule has 3 aromatic rings. The maximum absolute atomic E-state index is 13.7. The van der Waals surface area contributed by atoms with Gasteiger partial charge in [0.1, 0.15) is 4.83 Å². The van der Waals surface area contributed by atoms with Crippen molar-refractivity contribution in [2.45, 2.75) is 63.9 Å². The zero-order valence-corrected chi connectivity index (χ0v) is 19.7. The number of carbonyl (C=O) groups excluding carboxylic acids is 1. The summed E-state index contributed by atoms with van der Waals surface area (Å²) in [5, 5.41) is 1.31. The molecule has 0 saturated heterocycles. The van der Waals surface area contributed by atoms with Crippen LogP contribution in [-0.2, 0) is 22.4 Å². The van der Waals surface area contributed by atoms with E-state index in [4.69, 9.17) is 9.72 Å². The molecular formula is C24H28N2O3S2. The van der Waals surface area contributed by atoms with Gasteiger partial charge in [0.15, 0.2) is 5.16 Å². The molecule has 0 atom stereocenters. The Balaban J connectivity index is 1.70. The van der Waals surface area contributed by atoms with E-state index in [2.05, 4.69) is 6.92 Å². The number of thioether (sulfide) groups is 1. The van der Waals surface area contributed by atoms with Crippen LogP contribution in [0.4, 0.5) is 0 Å². The maximum atomic E-state index is 13.7. The minimum Gasteiger partial charge on any atom is -0.465 e. The predicted molar refractivity (Wildman–Crippen MR) is 128 cm³/mol. The van der Waals surface area contributed by atoms with Crippen LogP contribution in [0.25, 0.3) is 15.9 Å². The molecule has 0 spiro atoms. The van der Waals surface area contributed by atoms with Crippen LogP contribution >= 0.6 is 23.1 Å². The van der Waals surface area contributed by atoms with Gasteiger partial charge in [0.05, 0.1) is 23.4 Å². The molecule has 1 aromatic carbocycles. The number of ether oxygens (including phenoxy) is 1. The second-order valence-electron chi connectivity index (χ2n) is 7.98. The van der Waals surface area contributed by atoms with Crippen LogP contribution in [-0.4, -0.2) is 27.9 Å². The van der Waals surface area contributed by atoms with Gasteiger partial charge in [0.25, 0.3) is 5.56 Å². The number of hydrogen-bond donors (Lipinski definition) is 0. The number of carbonyl (C=O) groups is 1. The first-order chi connectivity index (χ1) is 15.1.